The highest BCUT2D eigenvalue weighted by atomic mass is 32.2. The second-order valence-corrected chi connectivity index (χ2v) is 13.4. The highest BCUT2D eigenvalue weighted by Crippen LogP contribution is 2.33. The maximum absolute atomic E-state index is 10.4. The van der Waals surface area contributed by atoms with Crippen LogP contribution in [0.1, 0.15) is 156 Å². The molecule has 0 spiro atoms. The fraction of sp³-hybridized carbons (Fsp3) is 0.879. The molecule has 1 atom stereocenters. The number of hydrogen-bond donors (Lipinski definition) is 1. The van der Waals surface area contributed by atoms with E-state index in [0.717, 1.165) is 17.3 Å². The van der Waals surface area contributed by atoms with Crippen molar-refractivity contribution < 1.29 is 14.6 Å². The summed E-state index contributed by atoms with van der Waals surface area (Å²) in [6.45, 7) is 6.54. The summed E-state index contributed by atoms with van der Waals surface area (Å²) in [5.74, 6) is 4.82. The SMILES string of the molecule is CCCCCCCCCCCCSCOC1=CC=C(O)C(C)(OCSCCCCCCCCCCCC)C1. The minimum atomic E-state index is -0.671. The molecule has 0 radical (unpaired) electrons. The van der Waals surface area contributed by atoms with Crippen LogP contribution in [-0.2, 0) is 9.47 Å². The predicted molar refractivity (Wildman–Crippen MR) is 172 cm³/mol. The largest absolute Gasteiger partial charge is 0.509 e. The number of hydrogen-bond acceptors (Lipinski definition) is 5. The normalized spacial score (nSPS) is 17.4. The van der Waals surface area contributed by atoms with Gasteiger partial charge in [0.1, 0.15) is 23.1 Å². The van der Waals surface area contributed by atoms with Gasteiger partial charge >= 0.3 is 0 Å². The van der Waals surface area contributed by atoms with Gasteiger partial charge in [0.25, 0.3) is 0 Å². The van der Waals surface area contributed by atoms with E-state index in [9.17, 15) is 5.11 Å². The van der Waals surface area contributed by atoms with Crippen LogP contribution in [0.5, 0.6) is 0 Å². The molecule has 0 heterocycles. The molecule has 5 heteroatoms. The lowest BCUT2D eigenvalue weighted by atomic mass is 9.94. The Bertz CT molecular complexity index is 593. The van der Waals surface area contributed by atoms with E-state index in [2.05, 4.69) is 13.8 Å². The van der Waals surface area contributed by atoms with Gasteiger partial charge in [-0.3, -0.25) is 0 Å². The van der Waals surface area contributed by atoms with E-state index in [-0.39, 0.29) is 0 Å². The van der Waals surface area contributed by atoms with Crippen molar-refractivity contribution in [2.45, 2.75) is 161 Å². The molecule has 0 aliphatic heterocycles. The Morgan fingerprint density at radius 2 is 1.05 bits per heavy atom. The Morgan fingerprint density at radius 1 is 0.632 bits per heavy atom. The molecule has 0 aromatic carbocycles. The summed E-state index contributed by atoms with van der Waals surface area (Å²) < 4.78 is 12.2. The van der Waals surface area contributed by atoms with Gasteiger partial charge in [-0.15, -0.1) is 23.5 Å². The summed E-state index contributed by atoms with van der Waals surface area (Å²) >= 11 is 3.71. The van der Waals surface area contributed by atoms with E-state index in [1.54, 1.807) is 6.08 Å². The maximum atomic E-state index is 10.4. The van der Waals surface area contributed by atoms with Gasteiger partial charge in [-0.25, -0.2) is 0 Å². The molecule has 0 amide bonds. The molecule has 3 nitrogen and oxygen atoms in total. The fourth-order valence-electron chi connectivity index (χ4n) is 4.84. The van der Waals surface area contributed by atoms with Crippen molar-refractivity contribution in [3.05, 3.63) is 23.7 Å². The standard InChI is InChI=1S/C33H62O3S2/c1-4-6-8-10-12-14-16-18-20-22-26-37-29-35-31-24-25-32(34)33(3,28-31)36-30-38-27-23-21-19-17-15-13-11-9-7-5-2/h24-25,34H,4-23,26-30H2,1-3H3. The number of unbranched alkanes of at least 4 members (excludes halogenated alkanes) is 18. The summed E-state index contributed by atoms with van der Waals surface area (Å²) in [6, 6.07) is 0. The Kier molecular flexibility index (Phi) is 24.2. The number of aliphatic hydroxyl groups is 1. The van der Waals surface area contributed by atoms with E-state index >= 15 is 0 Å². The first kappa shape index (κ1) is 35.8. The molecule has 0 saturated carbocycles. The average molecular weight is 571 g/mol. The van der Waals surface area contributed by atoms with Crippen LogP contribution in [0.15, 0.2) is 23.7 Å². The van der Waals surface area contributed by atoms with Crippen molar-refractivity contribution in [1.29, 1.82) is 0 Å². The van der Waals surface area contributed by atoms with Crippen LogP contribution in [0.4, 0.5) is 0 Å². The molecule has 1 unspecified atom stereocenters. The zero-order valence-electron chi connectivity index (χ0n) is 25.4. The van der Waals surface area contributed by atoms with Crippen molar-refractivity contribution in [3.63, 3.8) is 0 Å². The fourth-order valence-corrected chi connectivity index (χ4v) is 6.47. The van der Waals surface area contributed by atoms with Crippen LogP contribution in [0.3, 0.4) is 0 Å². The van der Waals surface area contributed by atoms with E-state index in [4.69, 9.17) is 9.47 Å². The monoisotopic (exact) mass is 570 g/mol. The Labute approximate surface area is 245 Å². The lowest BCUT2D eigenvalue weighted by Gasteiger charge is -2.32. The molecular formula is C33H62O3S2. The molecular weight excluding hydrogens is 508 g/mol. The van der Waals surface area contributed by atoms with Gasteiger partial charge in [-0.1, -0.05) is 129 Å². The first-order valence-corrected chi connectivity index (χ1v) is 18.5. The summed E-state index contributed by atoms with van der Waals surface area (Å²) in [6.07, 6.45) is 31.8. The minimum Gasteiger partial charge on any atom is -0.509 e. The quantitative estimate of drug-likeness (QED) is 0.0748. The predicted octanol–water partition coefficient (Wildman–Crippen LogP) is 11.7. The zero-order chi connectivity index (χ0) is 27.6. The average Bonchev–Trinajstić information content (AvgIpc) is 2.91. The molecule has 0 aromatic rings. The third-order valence-corrected chi connectivity index (χ3v) is 9.28. The number of ether oxygens (including phenoxy) is 2. The van der Waals surface area contributed by atoms with Crippen molar-refractivity contribution in [1.82, 2.24) is 0 Å². The van der Waals surface area contributed by atoms with Crippen LogP contribution < -0.4 is 0 Å². The Morgan fingerprint density at radius 3 is 1.53 bits per heavy atom. The third kappa shape index (κ3) is 19.7. The number of rotatable bonds is 28. The molecule has 1 aliphatic rings. The van der Waals surface area contributed by atoms with Gasteiger partial charge in [-0.2, -0.15) is 0 Å². The topological polar surface area (TPSA) is 38.7 Å². The number of thioether (sulfide) groups is 2. The van der Waals surface area contributed by atoms with E-state index in [1.165, 1.54) is 128 Å². The van der Waals surface area contributed by atoms with Gasteiger partial charge in [-0.05, 0) is 43.4 Å². The number of aliphatic hydroxyl groups excluding tert-OH is 1. The summed E-state index contributed by atoms with van der Waals surface area (Å²) in [7, 11) is 0. The van der Waals surface area contributed by atoms with Gasteiger partial charge in [0.15, 0.2) is 0 Å². The lowest BCUT2D eigenvalue weighted by Crippen LogP contribution is -2.34. The highest BCUT2D eigenvalue weighted by molar-refractivity contribution is 7.99. The van der Waals surface area contributed by atoms with Crippen LogP contribution >= 0.6 is 23.5 Å². The second-order valence-electron chi connectivity index (χ2n) is 11.3. The number of allylic oxidation sites excluding steroid dienone is 2. The molecule has 0 bridgehead atoms. The van der Waals surface area contributed by atoms with Crippen molar-refractivity contribution in [2.75, 3.05) is 23.4 Å². The van der Waals surface area contributed by atoms with Crippen molar-refractivity contribution in [2.24, 2.45) is 0 Å². The summed E-state index contributed by atoms with van der Waals surface area (Å²) in [5.41, 5.74) is -0.671. The first-order valence-electron chi connectivity index (χ1n) is 16.1. The van der Waals surface area contributed by atoms with Gasteiger partial charge in [0.05, 0.1) is 5.94 Å². The van der Waals surface area contributed by atoms with Crippen LogP contribution in [0.2, 0.25) is 0 Å². The van der Waals surface area contributed by atoms with Gasteiger partial charge < -0.3 is 14.6 Å². The highest BCUT2D eigenvalue weighted by Gasteiger charge is 2.34. The molecule has 0 saturated heterocycles. The van der Waals surface area contributed by atoms with Gasteiger partial charge in [0, 0.05) is 6.42 Å². The Hall–Kier alpha value is -0.260. The molecule has 0 aromatic heterocycles. The summed E-state index contributed by atoms with van der Waals surface area (Å²) in [5, 5.41) is 10.4. The molecule has 1 N–H and O–H groups in total. The molecule has 1 rings (SSSR count). The van der Waals surface area contributed by atoms with Crippen molar-refractivity contribution in [3.8, 4) is 0 Å². The van der Waals surface area contributed by atoms with E-state index in [1.807, 2.05) is 36.5 Å². The zero-order valence-corrected chi connectivity index (χ0v) is 27.0. The first-order chi connectivity index (χ1) is 18.6. The maximum Gasteiger partial charge on any atom is 0.133 e. The third-order valence-electron chi connectivity index (χ3n) is 7.55. The summed E-state index contributed by atoms with van der Waals surface area (Å²) in [4.78, 5) is 0. The van der Waals surface area contributed by atoms with Crippen LogP contribution in [-0.4, -0.2) is 34.1 Å². The molecule has 1 aliphatic carbocycles. The smallest absolute Gasteiger partial charge is 0.133 e. The van der Waals surface area contributed by atoms with Gasteiger partial charge in [0.2, 0.25) is 0 Å². The minimum absolute atomic E-state index is 0.308. The second kappa shape index (κ2) is 25.7. The Balaban J connectivity index is 1.99. The van der Waals surface area contributed by atoms with Crippen LogP contribution in [0.25, 0.3) is 0 Å². The molecule has 38 heavy (non-hydrogen) atoms. The molecule has 0 fully saturated rings. The van der Waals surface area contributed by atoms with E-state index in [0.29, 0.717) is 24.1 Å². The van der Waals surface area contributed by atoms with Crippen LogP contribution in [0, 0.1) is 0 Å². The molecule has 224 valence electrons. The van der Waals surface area contributed by atoms with E-state index < -0.39 is 5.60 Å². The van der Waals surface area contributed by atoms with Crippen molar-refractivity contribution >= 4 is 23.5 Å². The lowest BCUT2D eigenvalue weighted by molar-refractivity contribution is -0.0154.